The largest absolute Gasteiger partial charge is 0.361 e. The van der Waals surface area contributed by atoms with E-state index in [-0.39, 0.29) is 0 Å². The summed E-state index contributed by atoms with van der Waals surface area (Å²) in [5.41, 5.74) is 1.20. The van der Waals surface area contributed by atoms with Gasteiger partial charge in [-0.2, -0.15) is 0 Å². The van der Waals surface area contributed by atoms with Crippen LogP contribution in [0.4, 0.5) is 5.69 Å². The predicted octanol–water partition coefficient (Wildman–Crippen LogP) is 2.06. The molecule has 0 atom stereocenters. The van der Waals surface area contributed by atoms with Crippen molar-refractivity contribution in [3.05, 3.63) is 28.7 Å². The number of nitrogens with one attached hydrogen (secondary N) is 1. The second-order valence-corrected chi connectivity index (χ2v) is 3.52. The number of para-hydroxylation sites is 1. The normalized spacial score (nSPS) is 9.92. The Hall–Kier alpha value is -0.540. The lowest BCUT2D eigenvalue weighted by molar-refractivity contribution is 0.775. The topological polar surface area (TPSA) is 15.3 Å². The highest BCUT2D eigenvalue weighted by atomic mass is 79.9. The van der Waals surface area contributed by atoms with Crippen LogP contribution in [0.2, 0.25) is 0 Å². The van der Waals surface area contributed by atoms with Crippen LogP contribution in [-0.4, -0.2) is 20.8 Å². The fourth-order valence-corrected chi connectivity index (χ4v) is 1.67. The number of anilines is 1. The van der Waals surface area contributed by atoms with Gasteiger partial charge in [0.2, 0.25) is 0 Å². The summed E-state index contributed by atoms with van der Waals surface area (Å²) in [5, 5.41) is 3.10. The molecule has 0 fully saturated rings. The molecule has 0 unspecified atom stereocenters. The van der Waals surface area contributed by atoms with Crippen molar-refractivity contribution >= 4 is 21.6 Å². The van der Waals surface area contributed by atoms with E-state index < -0.39 is 0 Å². The molecule has 0 heterocycles. The number of benzene rings is 1. The Bertz CT molecular complexity index is 250. The first kappa shape index (κ1) is 9.55. The van der Waals surface area contributed by atoms with Gasteiger partial charge in [-0.05, 0) is 35.1 Å². The van der Waals surface area contributed by atoms with Gasteiger partial charge >= 0.3 is 0 Å². The third-order valence-electron chi connectivity index (χ3n) is 1.66. The molecule has 0 aromatic heterocycles. The first-order chi connectivity index (χ1) is 5.75. The minimum Gasteiger partial charge on any atom is -0.361 e. The highest BCUT2D eigenvalue weighted by molar-refractivity contribution is 9.10. The second-order valence-electron chi connectivity index (χ2n) is 2.66. The maximum absolute atomic E-state index is 3.50. The maximum Gasteiger partial charge on any atom is 0.0676 e. The monoisotopic (exact) mass is 228 g/mol. The van der Waals surface area contributed by atoms with Crippen LogP contribution in [0.25, 0.3) is 0 Å². The van der Waals surface area contributed by atoms with Gasteiger partial charge in [0.25, 0.3) is 0 Å². The van der Waals surface area contributed by atoms with Gasteiger partial charge in [-0.15, -0.1) is 0 Å². The molecule has 0 saturated heterocycles. The molecule has 0 radical (unpaired) electrons. The summed E-state index contributed by atoms with van der Waals surface area (Å²) in [6, 6.07) is 8.18. The second kappa shape index (κ2) is 4.48. The van der Waals surface area contributed by atoms with E-state index in [0.29, 0.717) is 0 Å². The van der Waals surface area contributed by atoms with E-state index in [0.717, 1.165) is 11.1 Å². The van der Waals surface area contributed by atoms with E-state index in [1.165, 1.54) is 5.69 Å². The molecule has 0 aliphatic rings. The summed E-state index contributed by atoms with van der Waals surface area (Å²) < 4.78 is 1.13. The third kappa shape index (κ3) is 2.22. The molecule has 0 amide bonds. The molecular formula is C9H13BrN2. The highest BCUT2D eigenvalue weighted by Gasteiger charge is 2.01. The molecule has 12 heavy (non-hydrogen) atoms. The van der Waals surface area contributed by atoms with Crippen LogP contribution in [0.5, 0.6) is 0 Å². The van der Waals surface area contributed by atoms with E-state index in [2.05, 4.69) is 39.3 Å². The van der Waals surface area contributed by atoms with Crippen molar-refractivity contribution in [3.8, 4) is 0 Å². The van der Waals surface area contributed by atoms with E-state index in [1.54, 1.807) is 0 Å². The summed E-state index contributed by atoms with van der Waals surface area (Å²) in [5.74, 6) is 0. The Labute approximate surface area is 81.7 Å². The van der Waals surface area contributed by atoms with Crippen LogP contribution in [0, 0.1) is 0 Å². The van der Waals surface area contributed by atoms with Crippen molar-refractivity contribution in [2.24, 2.45) is 0 Å². The SMILES string of the molecule is CNCN(C)c1ccccc1Br. The third-order valence-corrected chi connectivity index (χ3v) is 2.33. The molecule has 1 rings (SSSR count). The molecule has 0 aliphatic carbocycles. The smallest absolute Gasteiger partial charge is 0.0676 e. The zero-order valence-corrected chi connectivity index (χ0v) is 8.93. The average molecular weight is 229 g/mol. The van der Waals surface area contributed by atoms with Crippen molar-refractivity contribution in [2.45, 2.75) is 0 Å². The molecule has 0 spiro atoms. The fourth-order valence-electron chi connectivity index (χ4n) is 1.08. The lowest BCUT2D eigenvalue weighted by atomic mass is 10.3. The number of hydrogen-bond acceptors (Lipinski definition) is 2. The molecule has 3 heteroatoms. The van der Waals surface area contributed by atoms with Crippen LogP contribution < -0.4 is 10.2 Å². The first-order valence-electron chi connectivity index (χ1n) is 3.86. The Balaban J connectivity index is 2.79. The summed E-state index contributed by atoms with van der Waals surface area (Å²) in [6.45, 7) is 0.850. The standard InChI is InChI=1S/C9H13BrN2/c1-11-7-12(2)9-6-4-3-5-8(9)10/h3-6,11H,7H2,1-2H3. The lowest BCUT2D eigenvalue weighted by Gasteiger charge is -2.19. The van der Waals surface area contributed by atoms with E-state index in [9.17, 15) is 0 Å². The Morgan fingerprint density at radius 1 is 1.42 bits per heavy atom. The zero-order valence-electron chi connectivity index (χ0n) is 7.34. The number of nitrogens with zero attached hydrogens (tertiary/aromatic N) is 1. The van der Waals surface area contributed by atoms with Gasteiger partial charge < -0.3 is 10.2 Å². The summed E-state index contributed by atoms with van der Waals surface area (Å²) in [6.07, 6.45) is 0. The van der Waals surface area contributed by atoms with Crippen molar-refractivity contribution in [2.75, 3.05) is 25.7 Å². The minimum atomic E-state index is 0.850. The molecular weight excluding hydrogens is 216 g/mol. The van der Waals surface area contributed by atoms with Crippen molar-refractivity contribution in [3.63, 3.8) is 0 Å². The van der Waals surface area contributed by atoms with Crippen molar-refractivity contribution in [1.82, 2.24) is 5.32 Å². The Morgan fingerprint density at radius 2 is 2.08 bits per heavy atom. The molecule has 1 N–H and O–H groups in total. The lowest BCUT2D eigenvalue weighted by Crippen LogP contribution is -2.28. The molecule has 1 aromatic carbocycles. The fraction of sp³-hybridized carbons (Fsp3) is 0.333. The molecule has 1 aromatic rings. The molecule has 2 nitrogen and oxygen atoms in total. The minimum absolute atomic E-state index is 0.850. The van der Waals surface area contributed by atoms with Gasteiger partial charge in [-0.1, -0.05) is 12.1 Å². The van der Waals surface area contributed by atoms with E-state index >= 15 is 0 Å². The van der Waals surface area contributed by atoms with Crippen LogP contribution in [0.15, 0.2) is 28.7 Å². The van der Waals surface area contributed by atoms with Gasteiger partial charge in [0.1, 0.15) is 0 Å². The highest BCUT2D eigenvalue weighted by Crippen LogP contribution is 2.23. The van der Waals surface area contributed by atoms with Crippen molar-refractivity contribution in [1.29, 1.82) is 0 Å². The van der Waals surface area contributed by atoms with Crippen LogP contribution in [-0.2, 0) is 0 Å². The Morgan fingerprint density at radius 3 is 2.67 bits per heavy atom. The van der Waals surface area contributed by atoms with Gasteiger partial charge in [-0.25, -0.2) is 0 Å². The quantitative estimate of drug-likeness (QED) is 0.798. The van der Waals surface area contributed by atoms with Gasteiger partial charge in [0.05, 0.1) is 12.4 Å². The first-order valence-corrected chi connectivity index (χ1v) is 4.65. The van der Waals surface area contributed by atoms with Crippen LogP contribution >= 0.6 is 15.9 Å². The molecule has 0 aliphatic heterocycles. The van der Waals surface area contributed by atoms with Crippen LogP contribution in [0.3, 0.4) is 0 Å². The Kier molecular flexibility index (Phi) is 3.56. The van der Waals surface area contributed by atoms with Gasteiger partial charge in [0.15, 0.2) is 0 Å². The van der Waals surface area contributed by atoms with E-state index in [4.69, 9.17) is 0 Å². The molecule has 66 valence electrons. The summed E-state index contributed by atoms with van der Waals surface area (Å²) in [7, 11) is 3.99. The van der Waals surface area contributed by atoms with Crippen molar-refractivity contribution < 1.29 is 0 Å². The summed E-state index contributed by atoms with van der Waals surface area (Å²) in [4.78, 5) is 2.14. The van der Waals surface area contributed by atoms with Gasteiger partial charge in [0, 0.05) is 11.5 Å². The predicted molar refractivity (Wildman–Crippen MR) is 56.5 cm³/mol. The molecule has 0 bridgehead atoms. The molecule has 0 saturated carbocycles. The number of hydrogen-bond donors (Lipinski definition) is 1. The van der Waals surface area contributed by atoms with E-state index in [1.807, 2.05) is 25.2 Å². The zero-order chi connectivity index (χ0) is 8.97. The number of rotatable bonds is 3. The van der Waals surface area contributed by atoms with Crippen LogP contribution in [0.1, 0.15) is 0 Å². The number of halogens is 1. The average Bonchev–Trinajstić information content (AvgIpc) is 2.05. The summed E-state index contributed by atoms with van der Waals surface area (Å²) >= 11 is 3.50. The maximum atomic E-state index is 3.50. The van der Waals surface area contributed by atoms with Gasteiger partial charge in [-0.3, -0.25) is 0 Å².